The van der Waals surface area contributed by atoms with Gasteiger partial charge in [0.1, 0.15) is 0 Å². The Labute approximate surface area is 171 Å². The molecule has 0 atom stereocenters. The molecule has 142 valence electrons. The maximum Gasteiger partial charge on any atom is 0.339 e. The molecule has 0 aromatic heterocycles. The number of carbonyl (C=O) groups is 1. The van der Waals surface area contributed by atoms with Crippen LogP contribution < -0.4 is 0 Å². The third-order valence-electron chi connectivity index (χ3n) is 4.26. The Hall–Kier alpha value is -2.83. The van der Waals surface area contributed by atoms with E-state index in [0.717, 1.165) is 16.0 Å². The summed E-state index contributed by atoms with van der Waals surface area (Å²) < 4.78 is 4.98. The zero-order chi connectivity index (χ0) is 20.3. The standard InChI is InChI=1S/C21H16ClNO4S/c1-27-21(24)20-18(14-4-3-5-17(10-14)23(25)26)11-15(12-19(20)28-2)13-6-8-16(22)9-7-13/h3-12H,1-2H3. The van der Waals surface area contributed by atoms with Gasteiger partial charge < -0.3 is 4.74 Å². The summed E-state index contributed by atoms with van der Waals surface area (Å²) in [5, 5.41) is 11.8. The van der Waals surface area contributed by atoms with Gasteiger partial charge in [0.2, 0.25) is 0 Å². The van der Waals surface area contributed by atoms with Crippen molar-refractivity contribution in [3.8, 4) is 22.3 Å². The average molecular weight is 414 g/mol. The number of halogens is 1. The van der Waals surface area contributed by atoms with Crippen LogP contribution in [0.15, 0.2) is 65.6 Å². The highest BCUT2D eigenvalue weighted by molar-refractivity contribution is 7.98. The van der Waals surface area contributed by atoms with Crippen LogP contribution in [0.25, 0.3) is 22.3 Å². The van der Waals surface area contributed by atoms with Crippen LogP contribution in [0, 0.1) is 10.1 Å². The summed E-state index contributed by atoms with van der Waals surface area (Å²) >= 11 is 7.40. The number of hydrogen-bond donors (Lipinski definition) is 0. The molecule has 3 aromatic carbocycles. The molecule has 28 heavy (non-hydrogen) atoms. The Morgan fingerprint density at radius 2 is 1.75 bits per heavy atom. The van der Waals surface area contributed by atoms with Gasteiger partial charge in [0.25, 0.3) is 5.69 Å². The normalized spacial score (nSPS) is 10.5. The Morgan fingerprint density at radius 3 is 2.36 bits per heavy atom. The number of nitro benzene ring substituents is 1. The molecule has 0 spiro atoms. The van der Waals surface area contributed by atoms with Crippen LogP contribution in [0.1, 0.15) is 10.4 Å². The molecule has 0 radical (unpaired) electrons. The molecule has 7 heteroatoms. The fourth-order valence-corrected chi connectivity index (χ4v) is 3.68. The summed E-state index contributed by atoms with van der Waals surface area (Å²) in [6.07, 6.45) is 1.87. The minimum Gasteiger partial charge on any atom is -0.465 e. The summed E-state index contributed by atoms with van der Waals surface area (Å²) in [7, 11) is 1.32. The first-order chi connectivity index (χ1) is 13.4. The number of hydrogen-bond acceptors (Lipinski definition) is 5. The van der Waals surface area contributed by atoms with Gasteiger partial charge in [0, 0.05) is 22.1 Å². The van der Waals surface area contributed by atoms with Crippen molar-refractivity contribution in [1.29, 1.82) is 0 Å². The lowest BCUT2D eigenvalue weighted by atomic mass is 9.94. The number of benzene rings is 3. The van der Waals surface area contributed by atoms with Crippen LogP contribution in [0.2, 0.25) is 5.02 Å². The molecule has 3 rings (SSSR count). The molecule has 0 aliphatic carbocycles. The Balaban J connectivity index is 2.29. The van der Waals surface area contributed by atoms with Crippen LogP contribution in [-0.2, 0) is 4.74 Å². The van der Waals surface area contributed by atoms with Crippen molar-refractivity contribution in [2.24, 2.45) is 0 Å². The van der Waals surface area contributed by atoms with Crippen molar-refractivity contribution in [2.45, 2.75) is 4.90 Å². The maximum absolute atomic E-state index is 12.5. The van der Waals surface area contributed by atoms with Crippen LogP contribution in [0.4, 0.5) is 5.69 Å². The molecule has 0 unspecified atom stereocenters. The summed E-state index contributed by atoms with van der Waals surface area (Å²) in [6, 6.07) is 17.3. The second kappa shape index (κ2) is 8.46. The van der Waals surface area contributed by atoms with Gasteiger partial charge in [-0.25, -0.2) is 4.79 Å². The van der Waals surface area contributed by atoms with Crippen molar-refractivity contribution in [2.75, 3.05) is 13.4 Å². The van der Waals surface area contributed by atoms with Gasteiger partial charge in [-0.1, -0.05) is 35.9 Å². The van der Waals surface area contributed by atoms with E-state index in [0.29, 0.717) is 21.7 Å². The fourth-order valence-electron chi connectivity index (χ4n) is 2.91. The predicted octanol–water partition coefficient (Wildman–Crippen LogP) is 6.09. The summed E-state index contributed by atoms with van der Waals surface area (Å²) in [6.45, 7) is 0. The first-order valence-electron chi connectivity index (χ1n) is 8.25. The number of ether oxygens (including phenoxy) is 1. The zero-order valence-corrected chi connectivity index (χ0v) is 16.7. The van der Waals surface area contributed by atoms with E-state index in [4.69, 9.17) is 16.3 Å². The van der Waals surface area contributed by atoms with E-state index in [1.54, 1.807) is 24.3 Å². The first kappa shape index (κ1) is 19.9. The van der Waals surface area contributed by atoms with E-state index in [2.05, 4.69) is 0 Å². The molecular weight excluding hydrogens is 398 g/mol. The highest BCUT2D eigenvalue weighted by atomic mass is 35.5. The summed E-state index contributed by atoms with van der Waals surface area (Å²) in [4.78, 5) is 24.0. The van der Waals surface area contributed by atoms with E-state index < -0.39 is 10.9 Å². The lowest BCUT2D eigenvalue weighted by Gasteiger charge is -2.15. The van der Waals surface area contributed by atoms with Crippen molar-refractivity contribution >= 4 is 35.0 Å². The van der Waals surface area contributed by atoms with E-state index in [-0.39, 0.29) is 5.69 Å². The summed E-state index contributed by atoms with van der Waals surface area (Å²) in [5.41, 5.74) is 3.27. The van der Waals surface area contributed by atoms with Gasteiger partial charge in [-0.05, 0) is 52.8 Å². The number of methoxy groups -OCH3 is 1. The molecule has 0 saturated heterocycles. The number of carbonyl (C=O) groups excluding carboxylic acids is 1. The lowest BCUT2D eigenvalue weighted by Crippen LogP contribution is -2.06. The van der Waals surface area contributed by atoms with Gasteiger partial charge in [-0.3, -0.25) is 10.1 Å². The topological polar surface area (TPSA) is 69.4 Å². The number of nitro groups is 1. The second-order valence-corrected chi connectivity index (χ2v) is 7.19. The van der Waals surface area contributed by atoms with Crippen LogP contribution in [0.5, 0.6) is 0 Å². The van der Waals surface area contributed by atoms with Crippen LogP contribution >= 0.6 is 23.4 Å². The van der Waals surface area contributed by atoms with Crippen molar-refractivity contribution in [3.63, 3.8) is 0 Å². The minimum atomic E-state index is -0.492. The Kier molecular flexibility index (Phi) is 6.02. The number of rotatable bonds is 5. The Morgan fingerprint density at radius 1 is 1.04 bits per heavy atom. The van der Waals surface area contributed by atoms with Gasteiger partial charge >= 0.3 is 5.97 Å². The largest absolute Gasteiger partial charge is 0.465 e. The van der Waals surface area contributed by atoms with Gasteiger partial charge in [-0.2, -0.15) is 0 Å². The number of thioether (sulfide) groups is 1. The number of non-ortho nitro benzene ring substituents is 1. The second-order valence-electron chi connectivity index (χ2n) is 5.91. The SMILES string of the molecule is COC(=O)c1c(SC)cc(-c2ccc(Cl)cc2)cc1-c1cccc([N+](=O)[O-])c1. The quantitative estimate of drug-likeness (QED) is 0.219. The molecule has 5 nitrogen and oxygen atoms in total. The van der Waals surface area contributed by atoms with E-state index in [1.807, 2.05) is 30.5 Å². The van der Waals surface area contributed by atoms with E-state index in [9.17, 15) is 14.9 Å². The van der Waals surface area contributed by atoms with Gasteiger partial charge in [0.15, 0.2) is 0 Å². The molecule has 0 saturated carbocycles. The molecular formula is C21H16ClNO4S. The van der Waals surface area contributed by atoms with Crippen LogP contribution in [-0.4, -0.2) is 24.3 Å². The smallest absolute Gasteiger partial charge is 0.339 e. The average Bonchev–Trinajstić information content (AvgIpc) is 2.72. The molecule has 0 amide bonds. The van der Waals surface area contributed by atoms with Gasteiger partial charge in [-0.15, -0.1) is 11.8 Å². The van der Waals surface area contributed by atoms with Crippen molar-refractivity contribution in [3.05, 3.63) is 81.4 Å². The van der Waals surface area contributed by atoms with E-state index in [1.165, 1.54) is 31.0 Å². The third-order valence-corrected chi connectivity index (χ3v) is 5.27. The predicted molar refractivity (Wildman–Crippen MR) is 112 cm³/mol. The molecule has 0 N–H and O–H groups in total. The molecule has 0 heterocycles. The number of nitrogens with zero attached hydrogens (tertiary/aromatic N) is 1. The summed E-state index contributed by atoms with van der Waals surface area (Å²) in [5.74, 6) is -0.492. The monoisotopic (exact) mass is 413 g/mol. The fraction of sp³-hybridized carbons (Fsp3) is 0.0952. The van der Waals surface area contributed by atoms with E-state index >= 15 is 0 Å². The highest BCUT2D eigenvalue weighted by Gasteiger charge is 2.21. The minimum absolute atomic E-state index is 0.0455. The van der Waals surface area contributed by atoms with Crippen molar-refractivity contribution in [1.82, 2.24) is 0 Å². The molecule has 3 aromatic rings. The number of esters is 1. The first-order valence-corrected chi connectivity index (χ1v) is 9.86. The molecule has 0 aliphatic heterocycles. The lowest BCUT2D eigenvalue weighted by molar-refractivity contribution is -0.384. The van der Waals surface area contributed by atoms with Crippen molar-refractivity contribution < 1.29 is 14.5 Å². The van der Waals surface area contributed by atoms with Crippen LogP contribution in [0.3, 0.4) is 0 Å². The Bertz CT molecular complexity index is 1050. The zero-order valence-electron chi connectivity index (χ0n) is 15.1. The maximum atomic E-state index is 12.5. The molecule has 0 fully saturated rings. The third kappa shape index (κ3) is 4.03. The molecule has 0 aliphatic rings. The molecule has 0 bridgehead atoms. The van der Waals surface area contributed by atoms with Gasteiger partial charge in [0.05, 0.1) is 17.6 Å². The highest BCUT2D eigenvalue weighted by Crippen LogP contribution is 2.37.